The second kappa shape index (κ2) is 12.0. The third kappa shape index (κ3) is 7.38. The van der Waals surface area contributed by atoms with Crippen molar-refractivity contribution < 1.29 is 4.74 Å². The lowest BCUT2D eigenvalue weighted by molar-refractivity contribution is 0.481. The summed E-state index contributed by atoms with van der Waals surface area (Å²) in [5, 5.41) is 0. The van der Waals surface area contributed by atoms with Crippen LogP contribution in [0.1, 0.15) is 11.1 Å². The average molecular weight is 370 g/mol. The van der Waals surface area contributed by atoms with Gasteiger partial charge < -0.3 is 10.5 Å². The van der Waals surface area contributed by atoms with Gasteiger partial charge >= 0.3 is 0 Å². The van der Waals surface area contributed by atoms with Crippen LogP contribution < -0.4 is 10.5 Å². The van der Waals surface area contributed by atoms with E-state index in [1.165, 1.54) is 5.56 Å². The fourth-order valence-corrected chi connectivity index (χ4v) is 2.30. The molecular weight excluding hydrogens is 342 g/mol. The summed E-state index contributed by atoms with van der Waals surface area (Å²) in [6.07, 6.45) is 0. The van der Waals surface area contributed by atoms with Crippen LogP contribution in [0.2, 0.25) is 0 Å². The maximum atomic E-state index is 5.83. The molecule has 0 amide bonds. The topological polar surface area (TPSA) is 35.2 Å². The van der Waals surface area contributed by atoms with E-state index in [-0.39, 0.29) is 0 Å². The Morgan fingerprint density at radius 3 is 1.39 bits per heavy atom. The molecular formula is C26H27NO. The van der Waals surface area contributed by atoms with Gasteiger partial charge in [0.05, 0.1) is 5.69 Å². The van der Waals surface area contributed by atoms with Crippen molar-refractivity contribution in [1.29, 1.82) is 0 Å². The van der Waals surface area contributed by atoms with Gasteiger partial charge in [-0.1, -0.05) is 97.1 Å². The highest BCUT2D eigenvalue weighted by Crippen LogP contribution is 2.30. The van der Waals surface area contributed by atoms with E-state index in [1.54, 1.807) is 0 Å². The number of ether oxygens (including phenoxy) is 1. The monoisotopic (exact) mass is 369 g/mol. The number of aryl methyl sites for hydroxylation is 1. The number of para-hydroxylation sites is 2. The van der Waals surface area contributed by atoms with E-state index in [0.717, 1.165) is 11.3 Å². The minimum Gasteiger partial charge on any atom is -0.455 e. The maximum absolute atomic E-state index is 5.83. The molecule has 0 bridgehead atoms. The Morgan fingerprint density at radius 2 is 0.929 bits per heavy atom. The fraction of sp³-hybridized carbons (Fsp3) is 0.0769. The maximum Gasteiger partial charge on any atom is 0.150 e. The first-order chi connectivity index (χ1) is 13.7. The number of nitrogens with two attached hydrogens (primary N) is 1. The van der Waals surface area contributed by atoms with Crippen molar-refractivity contribution in [2.75, 3.05) is 5.73 Å². The van der Waals surface area contributed by atoms with Gasteiger partial charge in [-0.25, -0.2) is 0 Å². The smallest absolute Gasteiger partial charge is 0.150 e. The second-order valence-electron chi connectivity index (χ2n) is 6.15. The van der Waals surface area contributed by atoms with Gasteiger partial charge in [0, 0.05) is 0 Å². The second-order valence-corrected chi connectivity index (χ2v) is 6.15. The Bertz CT molecular complexity index is 836. The predicted molar refractivity (Wildman–Crippen MR) is 120 cm³/mol. The summed E-state index contributed by atoms with van der Waals surface area (Å²) < 4.78 is 5.80. The molecule has 2 N–H and O–H groups in total. The van der Waals surface area contributed by atoms with Crippen LogP contribution in [0, 0.1) is 13.8 Å². The normalized spacial score (nSPS) is 9.21. The van der Waals surface area contributed by atoms with Crippen LogP contribution in [0.25, 0.3) is 0 Å². The van der Waals surface area contributed by atoms with Gasteiger partial charge in [-0.3, -0.25) is 0 Å². The molecule has 0 fully saturated rings. The molecule has 0 aromatic heterocycles. The Labute approximate surface area is 168 Å². The van der Waals surface area contributed by atoms with Gasteiger partial charge in [0.2, 0.25) is 0 Å². The highest BCUT2D eigenvalue weighted by atomic mass is 16.5. The van der Waals surface area contributed by atoms with Crippen molar-refractivity contribution in [3.63, 3.8) is 0 Å². The van der Waals surface area contributed by atoms with Crippen molar-refractivity contribution in [1.82, 2.24) is 0 Å². The van der Waals surface area contributed by atoms with Gasteiger partial charge in [-0.2, -0.15) is 0 Å². The molecule has 2 heteroatoms. The summed E-state index contributed by atoms with van der Waals surface area (Å²) in [5.41, 5.74) is 8.85. The van der Waals surface area contributed by atoms with Crippen molar-refractivity contribution in [2.45, 2.75) is 13.8 Å². The van der Waals surface area contributed by atoms with E-state index >= 15 is 0 Å². The lowest BCUT2D eigenvalue weighted by atomic mass is 10.1. The first kappa shape index (κ1) is 20.8. The molecule has 0 heterocycles. The molecule has 0 radical (unpaired) electrons. The van der Waals surface area contributed by atoms with Crippen molar-refractivity contribution in [3.05, 3.63) is 126 Å². The Balaban J connectivity index is 0.000000190. The quantitative estimate of drug-likeness (QED) is 0.384. The van der Waals surface area contributed by atoms with Crippen LogP contribution in [0.4, 0.5) is 5.69 Å². The summed E-state index contributed by atoms with van der Waals surface area (Å²) in [7, 11) is 0. The third-order valence-electron chi connectivity index (χ3n) is 4.03. The van der Waals surface area contributed by atoms with Gasteiger partial charge in [0.25, 0.3) is 0 Å². The highest BCUT2D eigenvalue weighted by Gasteiger charge is 2.04. The summed E-state index contributed by atoms with van der Waals surface area (Å²) in [6.45, 7) is 4.11. The first-order valence-electron chi connectivity index (χ1n) is 9.27. The summed E-state index contributed by atoms with van der Waals surface area (Å²) >= 11 is 0. The molecule has 4 aromatic carbocycles. The van der Waals surface area contributed by atoms with Crippen molar-refractivity contribution in [3.8, 4) is 11.5 Å². The van der Waals surface area contributed by atoms with Crippen molar-refractivity contribution in [2.24, 2.45) is 0 Å². The van der Waals surface area contributed by atoms with Gasteiger partial charge in [-0.05, 0) is 43.2 Å². The third-order valence-corrected chi connectivity index (χ3v) is 4.03. The number of rotatable bonds is 2. The van der Waals surface area contributed by atoms with Crippen LogP contribution in [-0.4, -0.2) is 0 Å². The molecule has 4 rings (SSSR count). The summed E-state index contributed by atoms with van der Waals surface area (Å²) in [6, 6.07) is 37.5. The van der Waals surface area contributed by atoms with Crippen LogP contribution >= 0.6 is 0 Å². The molecule has 28 heavy (non-hydrogen) atoms. The number of anilines is 1. The molecule has 0 aliphatic rings. The number of benzene rings is 4. The minimum atomic E-state index is 0.656. The Kier molecular flexibility index (Phi) is 8.89. The molecule has 142 valence electrons. The SMILES string of the molecule is Cc1cccc(Oc2ccccc2N)c1C.c1ccccc1.c1ccccc1. The van der Waals surface area contributed by atoms with Crippen molar-refractivity contribution >= 4 is 5.69 Å². The Morgan fingerprint density at radius 1 is 0.500 bits per heavy atom. The first-order valence-corrected chi connectivity index (χ1v) is 9.27. The largest absolute Gasteiger partial charge is 0.455 e. The van der Waals surface area contributed by atoms with Crippen LogP contribution in [0.5, 0.6) is 11.5 Å². The summed E-state index contributed by atoms with van der Waals surface area (Å²) in [4.78, 5) is 0. The molecule has 0 atom stereocenters. The molecule has 0 aliphatic carbocycles. The molecule has 0 saturated heterocycles. The van der Waals surface area contributed by atoms with Crippen LogP contribution in [-0.2, 0) is 0 Å². The van der Waals surface area contributed by atoms with E-state index in [2.05, 4.69) is 13.0 Å². The fourth-order valence-electron chi connectivity index (χ4n) is 2.30. The molecule has 0 unspecified atom stereocenters. The molecule has 0 aliphatic heterocycles. The van der Waals surface area contributed by atoms with E-state index < -0.39 is 0 Å². The molecule has 4 aromatic rings. The Hall–Kier alpha value is -3.52. The zero-order valence-electron chi connectivity index (χ0n) is 16.5. The molecule has 0 spiro atoms. The minimum absolute atomic E-state index is 0.656. The van der Waals surface area contributed by atoms with E-state index in [4.69, 9.17) is 10.5 Å². The van der Waals surface area contributed by atoms with Gasteiger partial charge in [0.1, 0.15) is 11.5 Å². The zero-order chi connectivity index (χ0) is 20.0. The van der Waals surface area contributed by atoms with Crippen LogP contribution in [0.15, 0.2) is 115 Å². The standard InChI is InChI=1S/C14H15NO.2C6H6/c1-10-6-5-9-13(11(10)2)16-14-8-4-3-7-12(14)15;2*1-2-4-6-5-3-1/h3-9H,15H2,1-2H3;2*1-6H. The van der Waals surface area contributed by atoms with E-state index in [1.807, 2.05) is 116 Å². The number of nitrogen functional groups attached to an aromatic ring is 1. The average Bonchev–Trinajstić information content (AvgIpc) is 2.76. The number of hydrogen-bond acceptors (Lipinski definition) is 2. The molecule has 0 saturated carbocycles. The van der Waals surface area contributed by atoms with Gasteiger partial charge in [-0.15, -0.1) is 0 Å². The lowest BCUT2D eigenvalue weighted by Crippen LogP contribution is -1.93. The number of hydrogen-bond donors (Lipinski definition) is 1. The summed E-state index contributed by atoms with van der Waals surface area (Å²) in [5.74, 6) is 1.56. The highest BCUT2D eigenvalue weighted by molar-refractivity contribution is 5.54. The van der Waals surface area contributed by atoms with Crippen LogP contribution in [0.3, 0.4) is 0 Å². The zero-order valence-corrected chi connectivity index (χ0v) is 16.5. The molecule has 2 nitrogen and oxygen atoms in total. The van der Waals surface area contributed by atoms with Gasteiger partial charge in [0.15, 0.2) is 0 Å². The van der Waals surface area contributed by atoms with E-state index in [0.29, 0.717) is 11.4 Å². The van der Waals surface area contributed by atoms with E-state index in [9.17, 15) is 0 Å². The predicted octanol–water partition coefficient (Wildman–Crippen LogP) is 7.05. The lowest BCUT2D eigenvalue weighted by Gasteiger charge is -2.11.